The number of halogens is 1. The molecule has 106 valence electrons. The SMILES string of the molecule is O[C@@H](C[NH2+]CCOc1ccccc1F)c1ccccc1. The molecule has 4 heteroatoms. The Bertz CT molecular complexity index is 519. The summed E-state index contributed by atoms with van der Waals surface area (Å²) in [5.74, 6) is -0.0821. The average molecular weight is 276 g/mol. The third kappa shape index (κ3) is 4.33. The van der Waals surface area contributed by atoms with E-state index in [0.717, 1.165) is 5.56 Å². The van der Waals surface area contributed by atoms with E-state index >= 15 is 0 Å². The number of benzene rings is 2. The lowest BCUT2D eigenvalue weighted by Crippen LogP contribution is -2.86. The number of aliphatic hydroxyl groups is 1. The van der Waals surface area contributed by atoms with Gasteiger partial charge < -0.3 is 15.2 Å². The molecule has 0 aliphatic carbocycles. The first-order chi connectivity index (χ1) is 9.77. The number of hydrogen-bond donors (Lipinski definition) is 2. The largest absolute Gasteiger partial charge is 0.485 e. The molecule has 0 unspecified atom stereocenters. The van der Waals surface area contributed by atoms with Crippen LogP contribution in [0.1, 0.15) is 11.7 Å². The van der Waals surface area contributed by atoms with Gasteiger partial charge in [0.05, 0.1) is 0 Å². The Hall–Kier alpha value is -1.91. The molecule has 20 heavy (non-hydrogen) atoms. The van der Waals surface area contributed by atoms with Crippen molar-refractivity contribution in [3.8, 4) is 5.75 Å². The minimum absolute atomic E-state index is 0.268. The van der Waals surface area contributed by atoms with E-state index in [9.17, 15) is 9.50 Å². The summed E-state index contributed by atoms with van der Waals surface area (Å²) < 4.78 is 18.6. The zero-order chi connectivity index (χ0) is 14.2. The van der Waals surface area contributed by atoms with Gasteiger partial charge in [-0.05, 0) is 17.7 Å². The molecule has 0 aliphatic heterocycles. The van der Waals surface area contributed by atoms with Crippen molar-refractivity contribution >= 4 is 0 Å². The van der Waals surface area contributed by atoms with Crippen LogP contribution >= 0.6 is 0 Å². The molecule has 0 heterocycles. The number of nitrogens with two attached hydrogens (primary N) is 1. The quantitative estimate of drug-likeness (QED) is 0.753. The minimum atomic E-state index is -0.496. The van der Waals surface area contributed by atoms with Crippen molar-refractivity contribution in [3.63, 3.8) is 0 Å². The molecule has 1 atom stereocenters. The Balaban J connectivity index is 1.66. The van der Waals surface area contributed by atoms with Gasteiger partial charge in [-0.25, -0.2) is 4.39 Å². The zero-order valence-electron chi connectivity index (χ0n) is 11.2. The zero-order valence-corrected chi connectivity index (χ0v) is 11.2. The predicted octanol–water partition coefficient (Wildman–Crippen LogP) is 1.50. The third-order valence-electron chi connectivity index (χ3n) is 2.99. The van der Waals surface area contributed by atoms with Crippen LogP contribution in [0.4, 0.5) is 4.39 Å². The maximum absolute atomic E-state index is 13.3. The van der Waals surface area contributed by atoms with Gasteiger partial charge in [0.2, 0.25) is 0 Å². The first-order valence-electron chi connectivity index (χ1n) is 6.69. The van der Waals surface area contributed by atoms with Gasteiger partial charge in [-0.2, -0.15) is 0 Å². The Morgan fingerprint density at radius 3 is 2.50 bits per heavy atom. The predicted molar refractivity (Wildman–Crippen MR) is 75.0 cm³/mol. The molecule has 0 bridgehead atoms. The van der Waals surface area contributed by atoms with Gasteiger partial charge in [0.25, 0.3) is 0 Å². The van der Waals surface area contributed by atoms with Crippen molar-refractivity contribution in [3.05, 3.63) is 66.0 Å². The van der Waals surface area contributed by atoms with Gasteiger partial charge in [0.1, 0.15) is 25.8 Å². The number of rotatable bonds is 7. The summed E-state index contributed by atoms with van der Waals surface area (Å²) in [4.78, 5) is 0. The number of ether oxygens (including phenoxy) is 1. The van der Waals surface area contributed by atoms with Crippen LogP contribution in [-0.2, 0) is 0 Å². The van der Waals surface area contributed by atoms with Crippen molar-refractivity contribution in [2.45, 2.75) is 6.10 Å². The van der Waals surface area contributed by atoms with Crippen LogP contribution in [0.5, 0.6) is 5.75 Å². The lowest BCUT2D eigenvalue weighted by molar-refractivity contribution is -0.662. The Labute approximate surface area is 118 Å². The van der Waals surface area contributed by atoms with Crippen LogP contribution < -0.4 is 10.1 Å². The second kappa shape index (κ2) is 7.62. The van der Waals surface area contributed by atoms with E-state index in [1.54, 1.807) is 18.2 Å². The molecule has 0 spiro atoms. The Morgan fingerprint density at radius 2 is 1.75 bits per heavy atom. The minimum Gasteiger partial charge on any atom is -0.485 e. The van der Waals surface area contributed by atoms with Crippen molar-refractivity contribution in [2.24, 2.45) is 0 Å². The van der Waals surface area contributed by atoms with Gasteiger partial charge in [-0.1, -0.05) is 42.5 Å². The lowest BCUT2D eigenvalue weighted by Gasteiger charge is -2.10. The maximum Gasteiger partial charge on any atom is 0.165 e. The van der Waals surface area contributed by atoms with E-state index in [1.807, 2.05) is 35.6 Å². The summed E-state index contributed by atoms with van der Waals surface area (Å²) in [6.45, 7) is 1.63. The van der Waals surface area contributed by atoms with Crippen LogP contribution in [0.25, 0.3) is 0 Å². The molecule has 0 radical (unpaired) electrons. The molecule has 0 fully saturated rings. The topological polar surface area (TPSA) is 46.1 Å². The summed E-state index contributed by atoms with van der Waals surface area (Å²) in [6, 6.07) is 15.9. The summed E-state index contributed by atoms with van der Waals surface area (Å²) in [6.07, 6.45) is -0.496. The first kappa shape index (κ1) is 14.5. The molecule has 0 aliphatic rings. The highest BCUT2D eigenvalue weighted by Crippen LogP contribution is 2.14. The molecule has 0 saturated heterocycles. The van der Waals surface area contributed by atoms with Gasteiger partial charge in [0.15, 0.2) is 11.6 Å². The molecule has 2 aromatic rings. The van der Waals surface area contributed by atoms with E-state index < -0.39 is 6.10 Å². The number of aliphatic hydroxyl groups excluding tert-OH is 1. The maximum atomic E-state index is 13.3. The highest BCUT2D eigenvalue weighted by Gasteiger charge is 2.08. The molecule has 2 aromatic carbocycles. The van der Waals surface area contributed by atoms with Crippen LogP contribution in [0.15, 0.2) is 54.6 Å². The van der Waals surface area contributed by atoms with Crippen LogP contribution in [0.2, 0.25) is 0 Å². The van der Waals surface area contributed by atoms with E-state index in [-0.39, 0.29) is 11.6 Å². The van der Waals surface area contributed by atoms with Crippen LogP contribution in [0.3, 0.4) is 0 Å². The standard InChI is InChI=1S/C16H18FNO2/c17-14-8-4-5-9-16(14)20-11-10-18-12-15(19)13-6-2-1-3-7-13/h1-9,15,18-19H,10-12H2/p+1/t15-/m0/s1. The van der Waals surface area contributed by atoms with E-state index in [0.29, 0.717) is 19.7 Å². The molecule has 0 saturated carbocycles. The number of hydrogen-bond acceptors (Lipinski definition) is 2. The summed E-state index contributed by atoms with van der Waals surface area (Å²) in [5, 5.41) is 11.9. The Morgan fingerprint density at radius 1 is 1.05 bits per heavy atom. The summed E-state index contributed by atoms with van der Waals surface area (Å²) >= 11 is 0. The number of para-hydroxylation sites is 1. The monoisotopic (exact) mass is 276 g/mol. The van der Waals surface area contributed by atoms with Crippen molar-refractivity contribution in [2.75, 3.05) is 19.7 Å². The molecule has 3 N–H and O–H groups in total. The molecule has 2 rings (SSSR count). The molecule has 0 aromatic heterocycles. The third-order valence-corrected chi connectivity index (χ3v) is 2.99. The van der Waals surface area contributed by atoms with E-state index in [2.05, 4.69) is 0 Å². The van der Waals surface area contributed by atoms with Gasteiger partial charge in [0, 0.05) is 0 Å². The van der Waals surface area contributed by atoms with Gasteiger partial charge in [-0.3, -0.25) is 0 Å². The fraction of sp³-hybridized carbons (Fsp3) is 0.250. The Kier molecular flexibility index (Phi) is 5.53. The summed E-state index contributed by atoms with van der Waals surface area (Å²) in [5.41, 5.74) is 0.902. The number of quaternary nitrogens is 1. The van der Waals surface area contributed by atoms with Crippen molar-refractivity contribution < 1.29 is 19.6 Å². The van der Waals surface area contributed by atoms with Gasteiger partial charge in [-0.15, -0.1) is 0 Å². The van der Waals surface area contributed by atoms with E-state index in [4.69, 9.17) is 4.74 Å². The fourth-order valence-corrected chi connectivity index (χ4v) is 1.90. The fourth-order valence-electron chi connectivity index (χ4n) is 1.90. The normalized spacial score (nSPS) is 12.1. The lowest BCUT2D eigenvalue weighted by atomic mass is 10.1. The molecule has 0 amide bonds. The summed E-state index contributed by atoms with van der Waals surface area (Å²) in [7, 11) is 0. The second-order valence-electron chi connectivity index (χ2n) is 4.52. The van der Waals surface area contributed by atoms with Crippen molar-refractivity contribution in [1.29, 1.82) is 0 Å². The van der Waals surface area contributed by atoms with Crippen molar-refractivity contribution in [1.82, 2.24) is 0 Å². The van der Waals surface area contributed by atoms with Crippen LogP contribution in [0, 0.1) is 5.82 Å². The van der Waals surface area contributed by atoms with Crippen LogP contribution in [-0.4, -0.2) is 24.8 Å². The average Bonchev–Trinajstić information content (AvgIpc) is 2.49. The second-order valence-corrected chi connectivity index (χ2v) is 4.52. The molecule has 3 nitrogen and oxygen atoms in total. The first-order valence-corrected chi connectivity index (χ1v) is 6.69. The molecular formula is C16H19FNO2+. The van der Waals surface area contributed by atoms with E-state index in [1.165, 1.54) is 6.07 Å². The highest BCUT2D eigenvalue weighted by atomic mass is 19.1. The molecular weight excluding hydrogens is 257 g/mol. The highest BCUT2D eigenvalue weighted by molar-refractivity contribution is 5.23. The van der Waals surface area contributed by atoms with Gasteiger partial charge >= 0.3 is 0 Å². The smallest absolute Gasteiger partial charge is 0.165 e.